The summed E-state index contributed by atoms with van der Waals surface area (Å²) in [5.74, 6) is -0.00584. The molecular weight excluding hydrogens is 314 g/mol. The van der Waals surface area contributed by atoms with Crippen LogP contribution in [0.15, 0.2) is 15.9 Å². The van der Waals surface area contributed by atoms with E-state index < -0.39 is 5.41 Å². The van der Waals surface area contributed by atoms with Crippen molar-refractivity contribution in [2.75, 3.05) is 13.2 Å². The molecule has 0 unspecified atom stereocenters. The van der Waals surface area contributed by atoms with Crippen molar-refractivity contribution in [1.29, 1.82) is 0 Å². The normalized spacial score (nSPS) is 17.6. The highest BCUT2D eigenvalue weighted by Crippen LogP contribution is 2.45. The second kappa shape index (κ2) is 4.94. The Hall–Kier alpha value is -0.390. The summed E-state index contributed by atoms with van der Waals surface area (Å²) in [4.78, 5) is 13.2. The van der Waals surface area contributed by atoms with Gasteiger partial charge < -0.3 is 10.4 Å². The van der Waals surface area contributed by atoms with Crippen molar-refractivity contribution in [2.24, 2.45) is 5.41 Å². The van der Waals surface area contributed by atoms with E-state index in [1.54, 1.807) is 11.3 Å². The second-order valence-electron chi connectivity index (χ2n) is 5.61. The van der Waals surface area contributed by atoms with Gasteiger partial charge >= 0.3 is 0 Å². The molecule has 0 bridgehead atoms. The number of halogens is 1. The fraction of sp³-hybridized carbons (Fsp3) is 0.615. The minimum Gasteiger partial charge on any atom is -0.395 e. The number of carbonyl (C=O) groups is 1. The van der Waals surface area contributed by atoms with Crippen LogP contribution in [0.5, 0.6) is 0 Å². The number of aliphatic hydroxyl groups excluding tert-OH is 1. The minimum absolute atomic E-state index is 0.00584. The zero-order valence-corrected chi connectivity index (χ0v) is 13.0. The summed E-state index contributed by atoms with van der Waals surface area (Å²) >= 11 is 5.15. The Kier molecular flexibility index (Phi) is 3.85. The molecule has 1 amide bonds. The van der Waals surface area contributed by atoms with Gasteiger partial charge in [0.2, 0.25) is 5.91 Å². The van der Waals surface area contributed by atoms with E-state index in [1.807, 2.05) is 6.07 Å². The Morgan fingerprint density at radius 3 is 2.67 bits per heavy atom. The molecule has 18 heavy (non-hydrogen) atoms. The largest absolute Gasteiger partial charge is 0.395 e. The van der Waals surface area contributed by atoms with E-state index in [0.29, 0.717) is 6.54 Å². The number of carbonyl (C=O) groups excluding carboxylic acids is 1. The van der Waals surface area contributed by atoms with Gasteiger partial charge in [0.05, 0.1) is 15.8 Å². The first-order chi connectivity index (χ1) is 8.39. The monoisotopic (exact) mass is 331 g/mol. The molecule has 0 saturated heterocycles. The van der Waals surface area contributed by atoms with Gasteiger partial charge in [-0.15, -0.1) is 11.3 Å². The predicted molar refractivity (Wildman–Crippen MR) is 76.8 cm³/mol. The molecule has 0 radical (unpaired) electrons. The molecule has 1 aromatic heterocycles. The van der Waals surface area contributed by atoms with Crippen LogP contribution in [0.4, 0.5) is 0 Å². The first-order valence-electron chi connectivity index (χ1n) is 6.05. The quantitative estimate of drug-likeness (QED) is 0.871. The standard InChI is InChI=1S/C13H18BrNO2S/c1-12(2,9-3-4-10(14)18-9)7-15-11(17)13(8-16)5-6-13/h3-4,16H,5-8H2,1-2H3,(H,15,17). The van der Waals surface area contributed by atoms with Gasteiger partial charge in [0.15, 0.2) is 0 Å². The number of rotatable bonds is 5. The van der Waals surface area contributed by atoms with Gasteiger partial charge in [-0.25, -0.2) is 0 Å². The van der Waals surface area contributed by atoms with Crippen LogP contribution in [0, 0.1) is 5.41 Å². The molecule has 1 aliphatic rings. The first-order valence-corrected chi connectivity index (χ1v) is 7.66. The van der Waals surface area contributed by atoms with Crippen LogP contribution in [0.3, 0.4) is 0 Å². The summed E-state index contributed by atoms with van der Waals surface area (Å²) in [7, 11) is 0. The maximum absolute atomic E-state index is 12.0. The summed E-state index contributed by atoms with van der Waals surface area (Å²) < 4.78 is 1.10. The van der Waals surface area contributed by atoms with E-state index in [1.165, 1.54) is 4.88 Å². The third-order valence-electron chi connectivity index (χ3n) is 3.57. The van der Waals surface area contributed by atoms with E-state index in [-0.39, 0.29) is 17.9 Å². The predicted octanol–water partition coefficient (Wildman–Crippen LogP) is 2.68. The van der Waals surface area contributed by atoms with Crippen molar-refractivity contribution in [1.82, 2.24) is 5.32 Å². The Morgan fingerprint density at radius 2 is 2.22 bits per heavy atom. The van der Waals surface area contributed by atoms with Gasteiger partial charge in [-0.1, -0.05) is 13.8 Å². The smallest absolute Gasteiger partial charge is 0.228 e. The van der Waals surface area contributed by atoms with Gasteiger partial charge in [-0.3, -0.25) is 4.79 Å². The molecule has 5 heteroatoms. The van der Waals surface area contributed by atoms with Crippen LogP contribution in [-0.4, -0.2) is 24.2 Å². The lowest BCUT2D eigenvalue weighted by Gasteiger charge is -2.25. The van der Waals surface area contributed by atoms with Crippen molar-refractivity contribution in [2.45, 2.75) is 32.1 Å². The van der Waals surface area contributed by atoms with Crippen LogP contribution in [-0.2, 0) is 10.2 Å². The number of amides is 1. The summed E-state index contributed by atoms with van der Waals surface area (Å²) in [6.45, 7) is 4.79. The number of thiophene rings is 1. The maximum atomic E-state index is 12.0. The fourth-order valence-electron chi connectivity index (χ4n) is 1.86. The Balaban J connectivity index is 1.95. The van der Waals surface area contributed by atoms with Crippen molar-refractivity contribution >= 4 is 33.2 Å². The summed E-state index contributed by atoms with van der Waals surface area (Å²) in [5.41, 5.74) is -0.565. The molecule has 1 aromatic rings. The molecule has 100 valence electrons. The highest BCUT2D eigenvalue weighted by molar-refractivity contribution is 9.11. The van der Waals surface area contributed by atoms with Gasteiger partial charge in [-0.05, 0) is 40.9 Å². The molecule has 0 aromatic carbocycles. The molecule has 2 N–H and O–H groups in total. The number of hydrogen-bond donors (Lipinski definition) is 2. The van der Waals surface area contributed by atoms with Crippen LogP contribution in [0.1, 0.15) is 31.6 Å². The molecule has 1 heterocycles. The molecule has 2 rings (SSSR count). The third-order valence-corrected chi connectivity index (χ3v) is 5.56. The lowest BCUT2D eigenvalue weighted by molar-refractivity contribution is -0.127. The number of aliphatic hydroxyl groups is 1. The van der Waals surface area contributed by atoms with Gasteiger partial charge in [0.25, 0.3) is 0 Å². The van der Waals surface area contributed by atoms with E-state index in [2.05, 4.69) is 41.2 Å². The third kappa shape index (κ3) is 2.78. The molecule has 1 saturated carbocycles. The van der Waals surface area contributed by atoms with Crippen LogP contribution in [0.25, 0.3) is 0 Å². The molecular formula is C13H18BrNO2S. The highest BCUT2D eigenvalue weighted by Gasteiger charge is 2.49. The van der Waals surface area contributed by atoms with Gasteiger partial charge in [-0.2, -0.15) is 0 Å². The number of nitrogens with one attached hydrogen (secondary N) is 1. The molecule has 1 aliphatic carbocycles. The average Bonchev–Trinajstić information content (AvgIpc) is 3.02. The highest BCUT2D eigenvalue weighted by atomic mass is 79.9. The fourth-order valence-corrected chi connectivity index (χ4v) is 3.35. The van der Waals surface area contributed by atoms with E-state index >= 15 is 0 Å². The minimum atomic E-state index is -0.480. The SMILES string of the molecule is CC(C)(CNC(=O)C1(CO)CC1)c1ccc(Br)s1. The molecule has 1 fully saturated rings. The Labute approximate surface area is 120 Å². The van der Waals surface area contributed by atoms with Crippen molar-refractivity contribution in [3.63, 3.8) is 0 Å². The zero-order valence-electron chi connectivity index (χ0n) is 10.6. The maximum Gasteiger partial charge on any atom is 0.228 e. The van der Waals surface area contributed by atoms with Crippen LogP contribution >= 0.6 is 27.3 Å². The topological polar surface area (TPSA) is 49.3 Å². The molecule has 0 atom stereocenters. The lowest BCUT2D eigenvalue weighted by Crippen LogP contribution is -2.41. The van der Waals surface area contributed by atoms with Gasteiger partial charge in [0, 0.05) is 16.8 Å². The first kappa shape index (κ1) is 14.0. The van der Waals surface area contributed by atoms with Crippen LogP contribution < -0.4 is 5.32 Å². The Morgan fingerprint density at radius 1 is 1.56 bits per heavy atom. The summed E-state index contributed by atoms with van der Waals surface area (Å²) in [6.07, 6.45) is 1.61. The second-order valence-corrected chi connectivity index (χ2v) is 8.07. The van der Waals surface area contributed by atoms with E-state index in [4.69, 9.17) is 0 Å². The van der Waals surface area contributed by atoms with Crippen LogP contribution in [0.2, 0.25) is 0 Å². The lowest BCUT2D eigenvalue weighted by atomic mass is 9.91. The van der Waals surface area contributed by atoms with Gasteiger partial charge in [0.1, 0.15) is 0 Å². The number of hydrogen-bond acceptors (Lipinski definition) is 3. The Bertz CT molecular complexity index is 452. The zero-order chi connectivity index (χ0) is 13.4. The molecule has 0 aliphatic heterocycles. The molecule has 0 spiro atoms. The van der Waals surface area contributed by atoms with E-state index in [0.717, 1.165) is 16.6 Å². The van der Waals surface area contributed by atoms with Crippen molar-refractivity contribution in [3.05, 3.63) is 20.8 Å². The van der Waals surface area contributed by atoms with Crippen molar-refractivity contribution in [3.8, 4) is 0 Å². The average molecular weight is 332 g/mol. The molecule has 3 nitrogen and oxygen atoms in total. The summed E-state index contributed by atoms with van der Waals surface area (Å²) in [5, 5.41) is 12.2. The van der Waals surface area contributed by atoms with Crippen molar-refractivity contribution < 1.29 is 9.90 Å². The summed E-state index contributed by atoms with van der Waals surface area (Å²) in [6, 6.07) is 4.11. The van der Waals surface area contributed by atoms with E-state index in [9.17, 15) is 9.90 Å².